The van der Waals surface area contributed by atoms with Gasteiger partial charge in [-0.25, -0.2) is 5.01 Å². The summed E-state index contributed by atoms with van der Waals surface area (Å²) in [6.07, 6.45) is 2.69. The van der Waals surface area contributed by atoms with Gasteiger partial charge in [0.1, 0.15) is 0 Å². The van der Waals surface area contributed by atoms with Crippen LogP contribution in [0, 0.1) is 0 Å². The van der Waals surface area contributed by atoms with E-state index in [1.165, 1.54) is 0 Å². The number of hydrazine groups is 1. The molecule has 0 unspecified atom stereocenters. The zero-order valence-electron chi connectivity index (χ0n) is 10.5. The fourth-order valence-corrected chi connectivity index (χ4v) is 1.39. The predicted octanol–water partition coefficient (Wildman–Crippen LogP) is 1.09. The number of carbonyl (C=O) groups excluding carboxylic acids is 1. The Morgan fingerprint density at radius 2 is 1.80 bits per heavy atom. The molecule has 4 heteroatoms. The van der Waals surface area contributed by atoms with Crippen LogP contribution < -0.4 is 5.32 Å². The lowest BCUT2D eigenvalue weighted by molar-refractivity contribution is -0.144. The van der Waals surface area contributed by atoms with Crippen molar-refractivity contribution in [3.05, 3.63) is 0 Å². The number of carbonyl (C=O) groups is 1. The molecule has 0 fully saturated rings. The average molecular weight is 215 g/mol. The lowest BCUT2D eigenvalue weighted by Gasteiger charge is -2.28. The third-order valence-electron chi connectivity index (χ3n) is 2.15. The number of amides is 1. The first-order valence-electron chi connectivity index (χ1n) is 5.81. The second-order valence-electron chi connectivity index (χ2n) is 3.86. The minimum Gasteiger partial charge on any atom is -0.316 e. The second kappa shape index (κ2) is 8.68. The standard InChI is InChI=1S/C11H25N3O/c1-5-8-12-9-7-11(15)14(10-6-2)13(3)4/h12H,5-10H2,1-4H3. The van der Waals surface area contributed by atoms with E-state index in [2.05, 4.69) is 19.2 Å². The quantitative estimate of drug-likeness (QED) is 0.486. The van der Waals surface area contributed by atoms with Gasteiger partial charge in [0.15, 0.2) is 0 Å². The minimum atomic E-state index is 0.199. The third-order valence-corrected chi connectivity index (χ3v) is 2.15. The Morgan fingerprint density at radius 1 is 1.13 bits per heavy atom. The Balaban J connectivity index is 3.82. The van der Waals surface area contributed by atoms with Crippen LogP contribution in [0.15, 0.2) is 0 Å². The molecule has 1 N–H and O–H groups in total. The first-order chi connectivity index (χ1) is 7.13. The summed E-state index contributed by atoms with van der Waals surface area (Å²) in [5.41, 5.74) is 0. The van der Waals surface area contributed by atoms with Crippen LogP contribution in [-0.4, -0.2) is 49.7 Å². The van der Waals surface area contributed by atoms with Crippen molar-refractivity contribution < 1.29 is 4.79 Å². The maximum absolute atomic E-state index is 11.8. The van der Waals surface area contributed by atoms with Crippen LogP contribution in [0.25, 0.3) is 0 Å². The van der Waals surface area contributed by atoms with Gasteiger partial charge in [0.25, 0.3) is 0 Å². The first-order valence-corrected chi connectivity index (χ1v) is 5.81. The maximum Gasteiger partial charge on any atom is 0.238 e. The Morgan fingerprint density at radius 3 is 2.27 bits per heavy atom. The molecule has 0 atom stereocenters. The van der Waals surface area contributed by atoms with Crippen LogP contribution in [0.5, 0.6) is 0 Å². The molecule has 0 aromatic heterocycles. The molecule has 4 nitrogen and oxygen atoms in total. The molecule has 0 saturated heterocycles. The lowest BCUT2D eigenvalue weighted by Crippen LogP contribution is -2.43. The summed E-state index contributed by atoms with van der Waals surface area (Å²) in [5.74, 6) is 0.199. The molecule has 0 saturated carbocycles. The highest BCUT2D eigenvalue weighted by atomic mass is 16.2. The van der Waals surface area contributed by atoms with Crippen molar-refractivity contribution in [3.8, 4) is 0 Å². The van der Waals surface area contributed by atoms with Crippen molar-refractivity contribution in [2.24, 2.45) is 0 Å². The molecule has 15 heavy (non-hydrogen) atoms. The number of rotatable bonds is 8. The van der Waals surface area contributed by atoms with Crippen LogP contribution in [0.1, 0.15) is 33.1 Å². The van der Waals surface area contributed by atoms with E-state index >= 15 is 0 Å². The van der Waals surface area contributed by atoms with Gasteiger partial charge in [-0.05, 0) is 19.4 Å². The molecule has 1 amide bonds. The molecular weight excluding hydrogens is 190 g/mol. The number of nitrogens with zero attached hydrogens (tertiary/aromatic N) is 2. The molecule has 0 aromatic carbocycles. The summed E-state index contributed by atoms with van der Waals surface area (Å²) >= 11 is 0. The van der Waals surface area contributed by atoms with Gasteiger partial charge >= 0.3 is 0 Å². The highest BCUT2D eigenvalue weighted by molar-refractivity contribution is 5.75. The minimum absolute atomic E-state index is 0.199. The summed E-state index contributed by atoms with van der Waals surface area (Å²) in [4.78, 5) is 11.8. The first kappa shape index (κ1) is 14.4. The van der Waals surface area contributed by atoms with Crippen LogP contribution in [-0.2, 0) is 4.79 Å². The van der Waals surface area contributed by atoms with Gasteiger partial charge in [-0.15, -0.1) is 0 Å². The summed E-state index contributed by atoms with van der Waals surface area (Å²) in [6, 6.07) is 0. The lowest BCUT2D eigenvalue weighted by atomic mass is 10.3. The van der Waals surface area contributed by atoms with Crippen LogP contribution in [0.3, 0.4) is 0 Å². The van der Waals surface area contributed by atoms with Crippen molar-refractivity contribution in [2.75, 3.05) is 33.7 Å². The van der Waals surface area contributed by atoms with Crippen LogP contribution in [0.4, 0.5) is 0 Å². The molecule has 0 heterocycles. The monoisotopic (exact) mass is 215 g/mol. The van der Waals surface area contributed by atoms with E-state index in [-0.39, 0.29) is 5.91 Å². The van der Waals surface area contributed by atoms with Gasteiger partial charge in [-0.2, -0.15) is 0 Å². The molecule has 90 valence electrons. The van der Waals surface area contributed by atoms with Gasteiger partial charge < -0.3 is 5.32 Å². The number of nitrogens with one attached hydrogen (secondary N) is 1. The summed E-state index contributed by atoms with van der Waals surface area (Å²) in [6.45, 7) is 6.78. The van der Waals surface area contributed by atoms with E-state index in [4.69, 9.17) is 0 Å². The van der Waals surface area contributed by atoms with Gasteiger partial charge in [0.2, 0.25) is 5.91 Å². The van der Waals surface area contributed by atoms with Crippen LogP contribution >= 0.6 is 0 Å². The molecular formula is C11H25N3O. The molecule has 0 spiro atoms. The van der Waals surface area contributed by atoms with Gasteiger partial charge in [-0.1, -0.05) is 13.8 Å². The van der Waals surface area contributed by atoms with Crippen LogP contribution in [0.2, 0.25) is 0 Å². The van der Waals surface area contributed by atoms with Crippen molar-refractivity contribution in [3.63, 3.8) is 0 Å². The van der Waals surface area contributed by atoms with E-state index in [0.717, 1.165) is 32.5 Å². The third kappa shape index (κ3) is 6.47. The maximum atomic E-state index is 11.8. The van der Waals surface area contributed by atoms with E-state index < -0.39 is 0 Å². The SMILES string of the molecule is CCCNCCC(=O)N(CCC)N(C)C. The smallest absolute Gasteiger partial charge is 0.238 e. The Labute approximate surface area is 93.6 Å². The predicted molar refractivity (Wildman–Crippen MR) is 63.5 cm³/mol. The summed E-state index contributed by atoms with van der Waals surface area (Å²) in [5, 5.41) is 6.90. The fraction of sp³-hybridized carbons (Fsp3) is 0.909. The normalized spacial score (nSPS) is 10.7. The topological polar surface area (TPSA) is 35.6 Å². The Hall–Kier alpha value is -0.610. The summed E-state index contributed by atoms with van der Waals surface area (Å²) in [7, 11) is 3.82. The van der Waals surface area contributed by atoms with E-state index in [0.29, 0.717) is 6.42 Å². The van der Waals surface area contributed by atoms with Crippen molar-refractivity contribution in [1.82, 2.24) is 15.3 Å². The molecule has 0 aromatic rings. The number of hydrogen-bond donors (Lipinski definition) is 1. The molecule has 0 aliphatic carbocycles. The molecule has 0 radical (unpaired) electrons. The number of hydrogen-bond acceptors (Lipinski definition) is 3. The van der Waals surface area contributed by atoms with E-state index in [1.54, 1.807) is 5.01 Å². The van der Waals surface area contributed by atoms with E-state index in [1.807, 2.05) is 19.1 Å². The largest absolute Gasteiger partial charge is 0.316 e. The molecule has 0 aliphatic heterocycles. The molecule has 0 aliphatic rings. The van der Waals surface area contributed by atoms with Crippen molar-refractivity contribution in [1.29, 1.82) is 0 Å². The highest BCUT2D eigenvalue weighted by Gasteiger charge is 2.13. The fourth-order valence-electron chi connectivity index (χ4n) is 1.39. The zero-order valence-corrected chi connectivity index (χ0v) is 10.5. The second-order valence-corrected chi connectivity index (χ2v) is 3.86. The van der Waals surface area contributed by atoms with Crippen molar-refractivity contribution in [2.45, 2.75) is 33.1 Å². The zero-order chi connectivity index (χ0) is 11.7. The Kier molecular flexibility index (Phi) is 8.33. The van der Waals surface area contributed by atoms with Gasteiger partial charge in [-0.3, -0.25) is 9.80 Å². The average Bonchev–Trinajstić information content (AvgIpc) is 2.20. The Bertz CT molecular complexity index is 171. The van der Waals surface area contributed by atoms with Gasteiger partial charge in [0, 0.05) is 33.6 Å². The highest BCUT2D eigenvalue weighted by Crippen LogP contribution is 1.98. The molecule has 0 rings (SSSR count). The summed E-state index contributed by atoms with van der Waals surface area (Å²) < 4.78 is 0. The van der Waals surface area contributed by atoms with Crippen molar-refractivity contribution >= 4 is 5.91 Å². The molecule has 0 bridgehead atoms. The van der Waals surface area contributed by atoms with E-state index in [9.17, 15) is 4.79 Å². The van der Waals surface area contributed by atoms with Gasteiger partial charge in [0.05, 0.1) is 0 Å².